The van der Waals surface area contributed by atoms with Crippen LogP contribution >= 0.6 is 0 Å². The highest BCUT2D eigenvalue weighted by Gasteiger charge is 2.07. The van der Waals surface area contributed by atoms with Crippen LogP contribution in [-0.2, 0) is 6.54 Å². The van der Waals surface area contributed by atoms with Gasteiger partial charge in [0.15, 0.2) is 11.6 Å². The third-order valence-corrected chi connectivity index (χ3v) is 2.57. The first-order valence-corrected chi connectivity index (χ1v) is 6.00. The van der Waals surface area contributed by atoms with Crippen molar-refractivity contribution in [3.05, 3.63) is 29.6 Å². The van der Waals surface area contributed by atoms with Gasteiger partial charge in [-0.05, 0) is 25.3 Å². The van der Waals surface area contributed by atoms with Crippen molar-refractivity contribution in [2.24, 2.45) is 5.73 Å². The van der Waals surface area contributed by atoms with Crippen LogP contribution in [0.4, 0.5) is 4.39 Å². The van der Waals surface area contributed by atoms with Crippen LogP contribution in [0.5, 0.6) is 5.75 Å². The van der Waals surface area contributed by atoms with Crippen molar-refractivity contribution < 1.29 is 14.2 Å². The zero-order valence-corrected chi connectivity index (χ0v) is 9.99. The summed E-state index contributed by atoms with van der Waals surface area (Å²) in [5.74, 6) is -0.0829. The maximum absolute atomic E-state index is 13.5. The van der Waals surface area contributed by atoms with Crippen molar-refractivity contribution in [2.75, 3.05) is 13.2 Å². The van der Waals surface area contributed by atoms with Crippen LogP contribution in [0.1, 0.15) is 31.2 Å². The number of aliphatic hydroxyl groups is 1. The summed E-state index contributed by atoms with van der Waals surface area (Å²) in [7, 11) is 0. The number of unbranched alkanes of at least 4 members (excludes halogenated alkanes) is 3. The smallest absolute Gasteiger partial charge is 0.165 e. The largest absolute Gasteiger partial charge is 0.490 e. The van der Waals surface area contributed by atoms with Gasteiger partial charge in [-0.3, -0.25) is 0 Å². The van der Waals surface area contributed by atoms with E-state index in [4.69, 9.17) is 15.6 Å². The van der Waals surface area contributed by atoms with Crippen LogP contribution in [0.15, 0.2) is 18.2 Å². The Bertz CT molecular complexity index is 331. The lowest BCUT2D eigenvalue weighted by Crippen LogP contribution is -2.05. The Hall–Kier alpha value is -1.13. The van der Waals surface area contributed by atoms with Gasteiger partial charge in [0.2, 0.25) is 0 Å². The fourth-order valence-electron chi connectivity index (χ4n) is 1.62. The number of rotatable bonds is 8. The molecular formula is C13H20FNO2. The molecule has 0 atom stereocenters. The van der Waals surface area contributed by atoms with E-state index in [2.05, 4.69) is 0 Å². The molecule has 0 spiro atoms. The van der Waals surface area contributed by atoms with E-state index in [1.165, 1.54) is 6.07 Å². The van der Waals surface area contributed by atoms with Crippen LogP contribution in [0, 0.1) is 5.82 Å². The predicted molar refractivity (Wildman–Crippen MR) is 65.3 cm³/mol. The number of hydrogen-bond acceptors (Lipinski definition) is 3. The van der Waals surface area contributed by atoms with Gasteiger partial charge in [0.25, 0.3) is 0 Å². The SMILES string of the molecule is NCc1cccc(F)c1OCCCCCCO. The van der Waals surface area contributed by atoms with E-state index in [1.807, 2.05) is 0 Å². The molecule has 0 aromatic heterocycles. The highest BCUT2D eigenvalue weighted by atomic mass is 19.1. The predicted octanol–water partition coefficient (Wildman–Crippen LogP) is 2.22. The Morgan fingerprint density at radius 2 is 1.94 bits per heavy atom. The molecule has 0 aliphatic heterocycles. The Kier molecular flexibility index (Phi) is 6.58. The third-order valence-electron chi connectivity index (χ3n) is 2.57. The molecule has 1 aromatic rings. The summed E-state index contributed by atoms with van der Waals surface area (Å²) in [5.41, 5.74) is 6.21. The molecule has 0 bridgehead atoms. The van der Waals surface area contributed by atoms with Gasteiger partial charge in [0, 0.05) is 18.7 Å². The zero-order chi connectivity index (χ0) is 12.5. The van der Waals surface area contributed by atoms with Crippen molar-refractivity contribution in [3.8, 4) is 5.75 Å². The summed E-state index contributed by atoms with van der Waals surface area (Å²) in [4.78, 5) is 0. The molecule has 3 nitrogen and oxygen atoms in total. The molecule has 4 heteroatoms. The fraction of sp³-hybridized carbons (Fsp3) is 0.538. The van der Waals surface area contributed by atoms with Crippen molar-refractivity contribution in [2.45, 2.75) is 32.2 Å². The number of aliphatic hydroxyl groups excluding tert-OH is 1. The summed E-state index contributed by atoms with van der Waals surface area (Å²) in [6, 6.07) is 4.77. The number of para-hydroxylation sites is 1. The minimum Gasteiger partial charge on any atom is -0.490 e. The van der Waals surface area contributed by atoms with Crippen LogP contribution < -0.4 is 10.5 Å². The quantitative estimate of drug-likeness (QED) is 0.686. The summed E-state index contributed by atoms with van der Waals surface area (Å²) < 4.78 is 18.9. The molecule has 0 fully saturated rings. The molecule has 1 rings (SSSR count). The molecule has 96 valence electrons. The van der Waals surface area contributed by atoms with Gasteiger partial charge < -0.3 is 15.6 Å². The van der Waals surface area contributed by atoms with Crippen molar-refractivity contribution in [1.29, 1.82) is 0 Å². The van der Waals surface area contributed by atoms with Crippen molar-refractivity contribution in [3.63, 3.8) is 0 Å². The van der Waals surface area contributed by atoms with Crippen molar-refractivity contribution in [1.82, 2.24) is 0 Å². The second-order valence-corrected chi connectivity index (χ2v) is 3.92. The van der Waals surface area contributed by atoms with Crippen molar-refractivity contribution >= 4 is 0 Å². The first kappa shape index (κ1) is 13.9. The standard InChI is InChI=1S/C13H20FNO2/c14-12-7-5-6-11(10-15)13(12)17-9-4-2-1-3-8-16/h5-7,16H,1-4,8-10,15H2. The normalized spacial score (nSPS) is 10.5. The molecule has 0 saturated heterocycles. The summed E-state index contributed by atoms with van der Waals surface area (Å²) >= 11 is 0. The molecule has 0 aliphatic rings. The average Bonchev–Trinajstić information content (AvgIpc) is 2.35. The van der Waals surface area contributed by atoms with E-state index >= 15 is 0 Å². The van der Waals surface area contributed by atoms with Gasteiger partial charge in [-0.1, -0.05) is 18.6 Å². The average molecular weight is 241 g/mol. The molecular weight excluding hydrogens is 221 g/mol. The molecule has 0 amide bonds. The lowest BCUT2D eigenvalue weighted by molar-refractivity contribution is 0.268. The summed E-state index contributed by atoms with van der Waals surface area (Å²) in [5, 5.41) is 8.61. The van der Waals surface area contributed by atoms with Crippen LogP contribution in [-0.4, -0.2) is 18.3 Å². The second-order valence-electron chi connectivity index (χ2n) is 3.92. The first-order valence-electron chi connectivity index (χ1n) is 6.00. The zero-order valence-electron chi connectivity index (χ0n) is 9.99. The minimum absolute atomic E-state index is 0.228. The van der Waals surface area contributed by atoms with E-state index in [-0.39, 0.29) is 24.7 Å². The molecule has 3 N–H and O–H groups in total. The summed E-state index contributed by atoms with van der Waals surface area (Å²) in [6.45, 7) is 0.989. The second kappa shape index (κ2) is 8.03. The minimum atomic E-state index is -0.358. The number of ether oxygens (including phenoxy) is 1. The lowest BCUT2D eigenvalue weighted by Gasteiger charge is -2.11. The summed E-state index contributed by atoms with van der Waals surface area (Å²) in [6.07, 6.45) is 3.62. The topological polar surface area (TPSA) is 55.5 Å². The number of benzene rings is 1. The van der Waals surface area contributed by atoms with Gasteiger partial charge in [-0.15, -0.1) is 0 Å². The van der Waals surface area contributed by atoms with E-state index in [0.29, 0.717) is 12.2 Å². The monoisotopic (exact) mass is 241 g/mol. The molecule has 0 unspecified atom stereocenters. The van der Waals surface area contributed by atoms with Crippen LogP contribution in [0.3, 0.4) is 0 Å². The Balaban J connectivity index is 2.35. The van der Waals surface area contributed by atoms with Gasteiger partial charge >= 0.3 is 0 Å². The van der Waals surface area contributed by atoms with Gasteiger partial charge in [0.05, 0.1) is 6.61 Å². The molecule has 17 heavy (non-hydrogen) atoms. The van der Waals surface area contributed by atoms with E-state index in [0.717, 1.165) is 25.7 Å². The van der Waals surface area contributed by atoms with Gasteiger partial charge in [-0.25, -0.2) is 4.39 Å². The third kappa shape index (κ3) is 4.71. The van der Waals surface area contributed by atoms with Gasteiger partial charge in [-0.2, -0.15) is 0 Å². The van der Waals surface area contributed by atoms with E-state index < -0.39 is 0 Å². The lowest BCUT2D eigenvalue weighted by atomic mass is 10.2. The number of halogens is 1. The van der Waals surface area contributed by atoms with Gasteiger partial charge in [0.1, 0.15) is 0 Å². The molecule has 1 aromatic carbocycles. The Morgan fingerprint density at radius 1 is 1.18 bits per heavy atom. The highest BCUT2D eigenvalue weighted by molar-refractivity contribution is 5.34. The maximum Gasteiger partial charge on any atom is 0.165 e. The number of nitrogens with two attached hydrogens (primary N) is 1. The first-order chi connectivity index (χ1) is 8.29. The highest BCUT2D eigenvalue weighted by Crippen LogP contribution is 2.22. The van der Waals surface area contributed by atoms with Crippen LogP contribution in [0.2, 0.25) is 0 Å². The fourth-order valence-corrected chi connectivity index (χ4v) is 1.62. The molecule has 0 aliphatic carbocycles. The van der Waals surface area contributed by atoms with E-state index in [9.17, 15) is 4.39 Å². The maximum atomic E-state index is 13.5. The Morgan fingerprint density at radius 3 is 2.65 bits per heavy atom. The number of hydrogen-bond donors (Lipinski definition) is 2. The van der Waals surface area contributed by atoms with E-state index in [1.54, 1.807) is 12.1 Å². The van der Waals surface area contributed by atoms with Crippen LogP contribution in [0.25, 0.3) is 0 Å². The Labute approximate surface area is 101 Å². The molecule has 0 radical (unpaired) electrons. The molecule has 0 heterocycles. The molecule has 0 saturated carbocycles.